The molecule has 0 radical (unpaired) electrons. The number of hydrogen-bond donors (Lipinski definition) is 0. The van der Waals surface area contributed by atoms with Gasteiger partial charge in [-0.1, -0.05) is 121 Å². The molecule has 0 fully saturated rings. The van der Waals surface area contributed by atoms with Crippen LogP contribution in [-0.2, 0) is 0 Å². The van der Waals surface area contributed by atoms with Crippen LogP contribution in [-0.4, -0.2) is 0 Å². The number of hydrogen-bond acceptors (Lipinski definition) is 3. The van der Waals surface area contributed by atoms with Crippen molar-refractivity contribution in [2.45, 2.75) is 9.79 Å². The van der Waals surface area contributed by atoms with Crippen LogP contribution in [0.5, 0.6) is 0 Å². The van der Waals surface area contributed by atoms with E-state index < -0.39 is 0 Å². The van der Waals surface area contributed by atoms with Crippen LogP contribution in [0.3, 0.4) is 0 Å². The van der Waals surface area contributed by atoms with Gasteiger partial charge in [0.1, 0.15) is 0 Å². The van der Waals surface area contributed by atoms with Crippen molar-refractivity contribution in [1.82, 2.24) is 0 Å². The summed E-state index contributed by atoms with van der Waals surface area (Å²) in [4.78, 5) is 2.48. The third kappa shape index (κ3) is 5.44. The molecule has 8 rings (SSSR count). The molecule has 0 nitrogen and oxygen atoms in total. The fraction of sp³-hybridized carbons (Fsp3) is 0. The lowest BCUT2D eigenvalue weighted by molar-refractivity contribution is 1.40. The van der Waals surface area contributed by atoms with Gasteiger partial charge < -0.3 is 0 Å². The first-order chi connectivity index (χ1) is 21.2. The van der Waals surface area contributed by atoms with Gasteiger partial charge in [-0.15, -0.1) is 22.7 Å². The standard InChI is InChI=1S/C40H26S3/c1-3-7-37-33(5-1)35-23-17-29(25-39(35)42-37)11-9-27-13-19-31(20-14-27)41-32-21-15-28(16-22-32)10-12-30-18-24-36-34-6-2-4-8-38(34)43-40(36)26-30/h1-26H/b11-9+,12-10+. The van der Waals surface area contributed by atoms with Gasteiger partial charge in [-0.2, -0.15) is 0 Å². The molecular formula is C40H26S3. The summed E-state index contributed by atoms with van der Waals surface area (Å²) in [6.45, 7) is 0. The van der Waals surface area contributed by atoms with E-state index in [-0.39, 0.29) is 0 Å². The largest absolute Gasteiger partial charge is 0.135 e. The molecule has 2 aromatic heterocycles. The Balaban J connectivity index is 0.917. The molecule has 8 aromatic rings. The lowest BCUT2D eigenvalue weighted by atomic mass is 10.1. The molecule has 0 spiro atoms. The average molecular weight is 603 g/mol. The first-order valence-corrected chi connectivity index (χ1v) is 16.8. The monoisotopic (exact) mass is 602 g/mol. The molecule has 0 amide bonds. The molecule has 0 aliphatic rings. The van der Waals surface area contributed by atoms with Gasteiger partial charge in [0.2, 0.25) is 0 Å². The molecule has 0 aliphatic heterocycles. The minimum Gasteiger partial charge on any atom is -0.135 e. The van der Waals surface area contributed by atoms with Crippen molar-refractivity contribution in [3.05, 3.63) is 156 Å². The fourth-order valence-corrected chi connectivity index (χ4v) is 8.63. The molecule has 6 aromatic carbocycles. The third-order valence-corrected chi connectivity index (χ3v) is 11.0. The zero-order valence-electron chi connectivity index (χ0n) is 23.2. The molecule has 0 unspecified atom stereocenters. The van der Waals surface area contributed by atoms with Crippen LogP contribution in [0.15, 0.2) is 143 Å². The molecule has 2 heterocycles. The van der Waals surface area contributed by atoms with Crippen molar-refractivity contribution in [2.24, 2.45) is 0 Å². The van der Waals surface area contributed by atoms with Crippen molar-refractivity contribution < 1.29 is 0 Å². The minimum absolute atomic E-state index is 1.20. The summed E-state index contributed by atoms with van der Waals surface area (Å²) in [5.74, 6) is 0. The molecule has 0 N–H and O–H groups in total. The molecule has 0 aliphatic carbocycles. The van der Waals surface area contributed by atoms with Gasteiger partial charge in [0.05, 0.1) is 0 Å². The summed E-state index contributed by atoms with van der Waals surface area (Å²) in [6, 6.07) is 48.4. The molecule has 0 atom stereocenters. The maximum absolute atomic E-state index is 2.30. The predicted molar refractivity (Wildman–Crippen MR) is 194 cm³/mol. The van der Waals surface area contributed by atoms with E-state index >= 15 is 0 Å². The predicted octanol–water partition coefficient (Wildman–Crippen LogP) is 12.9. The minimum atomic E-state index is 1.20. The van der Waals surface area contributed by atoms with Crippen molar-refractivity contribution in [3.8, 4) is 0 Å². The first kappa shape index (κ1) is 26.2. The molecule has 43 heavy (non-hydrogen) atoms. The molecule has 204 valence electrons. The van der Waals surface area contributed by atoms with Crippen LogP contribution in [0, 0.1) is 0 Å². The lowest BCUT2D eigenvalue weighted by Crippen LogP contribution is -1.78. The van der Waals surface area contributed by atoms with Crippen LogP contribution < -0.4 is 0 Å². The summed E-state index contributed by atoms with van der Waals surface area (Å²) in [5.41, 5.74) is 4.87. The molecule has 0 saturated heterocycles. The third-order valence-electron chi connectivity index (χ3n) is 7.74. The van der Waals surface area contributed by atoms with Gasteiger partial charge in [0.15, 0.2) is 0 Å². The van der Waals surface area contributed by atoms with E-state index in [1.54, 1.807) is 11.8 Å². The van der Waals surface area contributed by atoms with Crippen LogP contribution in [0.1, 0.15) is 22.3 Å². The average Bonchev–Trinajstić information content (AvgIpc) is 3.61. The fourth-order valence-electron chi connectivity index (χ4n) is 5.51. The Hall–Kier alpha value is -4.41. The SMILES string of the molecule is C(=C\c1ccc2c(c1)sc1ccccc12)/c1ccc(Sc2ccc(/C=C/c3ccc4c(c3)sc3ccccc34)cc2)cc1. The van der Waals surface area contributed by atoms with Crippen LogP contribution in [0.2, 0.25) is 0 Å². The number of benzene rings is 6. The summed E-state index contributed by atoms with van der Waals surface area (Å²) >= 11 is 5.52. The van der Waals surface area contributed by atoms with Crippen LogP contribution in [0.4, 0.5) is 0 Å². The van der Waals surface area contributed by atoms with E-state index in [1.165, 1.54) is 72.4 Å². The van der Waals surface area contributed by atoms with E-state index in [0.717, 1.165) is 0 Å². The van der Waals surface area contributed by atoms with Gasteiger partial charge in [0.25, 0.3) is 0 Å². The quantitative estimate of drug-likeness (QED) is 0.171. The van der Waals surface area contributed by atoms with E-state index in [0.29, 0.717) is 0 Å². The maximum atomic E-state index is 2.30. The first-order valence-electron chi connectivity index (χ1n) is 14.3. The summed E-state index contributed by atoms with van der Waals surface area (Å²) in [5, 5.41) is 5.37. The highest BCUT2D eigenvalue weighted by Crippen LogP contribution is 2.36. The second-order valence-corrected chi connectivity index (χ2v) is 13.9. The van der Waals surface area contributed by atoms with Crippen LogP contribution >= 0.6 is 34.4 Å². The molecular weight excluding hydrogens is 577 g/mol. The van der Waals surface area contributed by atoms with E-state index in [2.05, 4.69) is 158 Å². The van der Waals surface area contributed by atoms with Gasteiger partial charge in [-0.25, -0.2) is 0 Å². The topological polar surface area (TPSA) is 0 Å². The highest BCUT2D eigenvalue weighted by Gasteiger charge is 2.06. The zero-order valence-corrected chi connectivity index (χ0v) is 25.7. The van der Waals surface area contributed by atoms with E-state index in [1.807, 2.05) is 22.7 Å². The Morgan fingerprint density at radius 3 is 1.19 bits per heavy atom. The highest BCUT2D eigenvalue weighted by molar-refractivity contribution is 7.99. The van der Waals surface area contributed by atoms with Crippen molar-refractivity contribution in [2.75, 3.05) is 0 Å². The maximum Gasteiger partial charge on any atom is 0.0361 e. The highest BCUT2D eigenvalue weighted by atomic mass is 32.2. The second-order valence-electron chi connectivity index (χ2n) is 10.6. The Bertz CT molecular complexity index is 2130. The van der Waals surface area contributed by atoms with Gasteiger partial charge in [-0.05, 0) is 70.8 Å². The second kappa shape index (κ2) is 11.3. The Morgan fingerprint density at radius 1 is 0.349 bits per heavy atom. The Labute approximate surface area is 263 Å². The number of rotatable bonds is 6. The molecule has 0 saturated carbocycles. The normalized spacial score (nSPS) is 12.1. The summed E-state index contributed by atoms with van der Waals surface area (Å²) in [7, 11) is 0. The Morgan fingerprint density at radius 2 is 0.721 bits per heavy atom. The van der Waals surface area contributed by atoms with Crippen LogP contribution in [0.25, 0.3) is 64.6 Å². The molecule has 0 bridgehead atoms. The van der Waals surface area contributed by atoms with Gasteiger partial charge in [-0.3, -0.25) is 0 Å². The Kier molecular flexibility index (Phi) is 6.92. The van der Waals surface area contributed by atoms with Gasteiger partial charge in [0, 0.05) is 50.1 Å². The number of fused-ring (bicyclic) bond motifs is 6. The summed E-state index contributed by atoms with van der Waals surface area (Å²) in [6.07, 6.45) is 8.81. The van der Waals surface area contributed by atoms with E-state index in [9.17, 15) is 0 Å². The summed E-state index contributed by atoms with van der Waals surface area (Å²) < 4.78 is 5.37. The van der Waals surface area contributed by atoms with Gasteiger partial charge >= 0.3 is 0 Å². The lowest BCUT2D eigenvalue weighted by Gasteiger charge is -2.03. The van der Waals surface area contributed by atoms with Crippen molar-refractivity contribution in [1.29, 1.82) is 0 Å². The zero-order chi connectivity index (χ0) is 28.6. The molecule has 3 heteroatoms. The number of thiophene rings is 2. The van der Waals surface area contributed by atoms with Crippen molar-refractivity contribution >= 4 is 99.1 Å². The van der Waals surface area contributed by atoms with E-state index in [4.69, 9.17) is 0 Å². The smallest absolute Gasteiger partial charge is 0.0361 e. The van der Waals surface area contributed by atoms with Crippen molar-refractivity contribution in [3.63, 3.8) is 0 Å².